The zero-order chi connectivity index (χ0) is 10.3. The minimum Gasteiger partial charge on any atom is -0.396 e. The molecule has 0 aromatic carbocycles. The van der Waals surface area contributed by atoms with E-state index in [1.807, 2.05) is 13.8 Å². The summed E-state index contributed by atoms with van der Waals surface area (Å²) in [6.07, 6.45) is 2.63. The van der Waals surface area contributed by atoms with E-state index in [0.29, 0.717) is 12.8 Å². The lowest BCUT2D eigenvalue weighted by Crippen LogP contribution is -2.24. The van der Waals surface area contributed by atoms with Crippen molar-refractivity contribution < 1.29 is 14.9 Å². The summed E-state index contributed by atoms with van der Waals surface area (Å²) in [5.74, 6) is 0. The molecule has 0 spiro atoms. The molecular formula is C10H22O3. The van der Waals surface area contributed by atoms with Crippen molar-refractivity contribution in [3.05, 3.63) is 0 Å². The van der Waals surface area contributed by atoms with Crippen LogP contribution in [0, 0.1) is 0 Å². The molecule has 0 rings (SSSR count). The summed E-state index contributed by atoms with van der Waals surface area (Å²) in [6.45, 7) is 4.17. The summed E-state index contributed by atoms with van der Waals surface area (Å²) in [5, 5.41) is 18.0. The van der Waals surface area contributed by atoms with Gasteiger partial charge in [-0.1, -0.05) is 0 Å². The first-order chi connectivity index (χ1) is 6.02. The van der Waals surface area contributed by atoms with Gasteiger partial charge >= 0.3 is 0 Å². The van der Waals surface area contributed by atoms with Gasteiger partial charge in [-0.25, -0.2) is 0 Å². The third-order valence-corrected chi connectivity index (χ3v) is 2.33. The van der Waals surface area contributed by atoms with Crippen LogP contribution < -0.4 is 0 Å². The van der Waals surface area contributed by atoms with Gasteiger partial charge in [-0.3, -0.25) is 0 Å². The second kappa shape index (κ2) is 6.35. The van der Waals surface area contributed by atoms with Crippen LogP contribution in [-0.2, 0) is 4.74 Å². The molecule has 0 saturated carbocycles. The van der Waals surface area contributed by atoms with Crippen molar-refractivity contribution >= 4 is 0 Å². The Hall–Kier alpha value is -0.120. The maximum absolute atomic E-state index is 9.47. The molecular weight excluding hydrogens is 168 g/mol. The summed E-state index contributed by atoms with van der Waals surface area (Å²) >= 11 is 0. The molecule has 0 heterocycles. The van der Waals surface area contributed by atoms with Crippen molar-refractivity contribution in [1.29, 1.82) is 0 Å². The Labute approximate surface area is 80.7 Å². The van der Waals surface area contributed by atoms with Gasteiger partial charge in [-0.15, -0.1) is 0 Å². The maximum atomic E-state index is 9.47. The SMILES string of the molecule is COC(C)(C)CCC(O)CCCO. The first-order valence-corrected chi connectivity index (χ1v) is 4.86. The summed E-state index contributed by atoms with van der Waals surface area (Å²) in [6, 6.07) is 0. The van der Waals surface area contributed by atoms with Crippen molar-refractivity contribution in [3.8, 4) is 0 Å². The predicted octanol–water partition coefficient (Wildman–Crippen LogP) is 1.32. The average molecular weight is 190 g/mol. The van der Waals surface area contributed by atoms with Crippen LogP contribution in [0.4, 0.5) is 0 Å². The third kappa shape index (κ3) is 6.99. The fraction of sp³-hybridized carbons (Fsp3) is 1.00. The molecule has 0 saturated heterocycles. The van der Waals surface area contributed by atoms with Crippen molar-refractivity contribution in [1.82, 2.24) is 0 Å². The lowest BCUT2D eigenvalue weighted by molar-refractivity contribution is 0.00175. The highest BCUT2D eigenvalue weighted by molar-refractivity contribution is 4.70. The Morgan fingerprint density at radius 2 is 1.92 bits per heavy atom. The van der Waals surface area contributed by atoms with Crippen LogP contribution in [-0.4, -0.2) is 35.6 Å². The Morgan fingerprint density at radius 3 is 2.38 bits per heavy atom. The summed E-state index contributed by atoms with van der Waals surface area (Å²) in [5.41, 5.74) is -0.153. The zero-order valence-electron chi connectivity index (χ0n) is 8.92. The highest BCUT2D eigenvalue weighted by atomic mass is 16.5. The number of rotatable bonds is 7. The Kier molecular flexibility index (Phi) is 6.29. The van der Waals surface area contributed by atoms with Crippen molar-refractivity contribution in [2.75, 3.05) is 13.7 Å². The lowest BCUT2D eigenvalue weighted by Gasteiger charge is -2.24. The molecule has 0 amide bonds. The van der Waals surface area contributed by atoms with E-state index < -0.39 is 0 Å². The fourth-order valence-electron chi connectivity index (χ4n) is 1.09. The van der Waals surface area contributed by atoms with Crippen LogP contribution in [0.3, 0.4) is 0 Å². The van der Waals surface area contributed by atoms with Crippen LogP contribution in [0.2, 0.25) is 0 Å². The zero-order valence-corrected chi connectivity index (χ0v) is 8.92. The molecule has 13 heavy (non-hydrogen) atoms. The molecule has 0 fully saturated rings. The standard InChI is InChI=1S/C10H22O3/c1-10(2,13-3)7-6-9(12)5-4-8-11/h9,11-12H,4-8H2,1-3H3. The first kappa shape index (κ1) is 12.9. The molecule has 0 bridgehead atoms. The molecule has 1 unspecified atom stereocenters. The number of hydrogen-bond donors (Lipinski definition) is 2. The molecule has 3 nitrogen and oxygen atoms in total. The molecule has 3 heteroatoms. The topological polar surface area (TPSA) is 49.7 Å². The smallest absolute Gasteiger partial charge is 0.0623 e. The van der Waals surface area contributed by atoms with E-state index in [0.717, 1.165) is 12.8 Å². The largest absolute Gasteiger partial charge is 0.396 e. The average Bonchev–Trinajstić information content (AvgIpc) is 2.11. The molecule has 0 aliphatic heterocycles. The van der Waals surface area contributed by atoms with Crippen LogP contribution >= 0.6 is 0 Å². The monoisotopic (exact) mass is 190 g/mol. The van der Waals surface area contributed by atoms with E-state index in [4.69, 9.17) is 9.84 Å². The van der Waals surface area contributed by atoms with Crippen LogP contribution in [0.25, 0.3) is 0 Å². The van der Waals surface area contributed by atoms with Crippen LogP contribution in [0.15, 0.2) is 0 Å². The van der Waals surface area contributed by atoms with Gasteiger partial charge in [-0.05, 0) is 39.5 Å². The fourth-order valence-corrected chi connectivity index (χ4v) is 1.09. The van der Waals surface area contributed by atoms with Gasteiger partial charge in [-0.2, -0.15) is 0 Å². The Balaban J connectivity index is 3.51. The molecule has 80 valence electrons. The van der Waals surface area contributed by atoms with E-state index >= 15 is 0 Å². The highest BCUT2D eigenvalue weighted by Gasteiger charge is 2.17. The molecule has 0 aromatic rings. The second-order valence-electron chi connectivity index (χ2n) is 4.02. The number of methoxy groups -OCH3 is 1. The van der Waals surface area contributed by atoms with Gasteiger partial charge in [0.2, 0.25) is 0 Å². The molecule has 2 N–H and O–H groups in total. The lowest BCUT2D eigenvalue weighted by atomic mass is 9.98. The van der Waals surface area contributed by atoms with Crippen molar-refractivity contribution in [2.24, 2.45) is 0 Å². The Bertz CT molecular complexity index is 123. The Morgan fingerprint density at radius 1 is 1.31 bits per heavy atom. The van der Waals surface area contributed by atoms with Gasteiger partial charge in [0.25, 0.3) is 0 Å². The van der Waals surface area contributed by atoms with Crippen LogP contribution in [0.1, 0.15) is 39.5 Å². The molecule has 0 aromatic heterocycles. The number of hydrogen-bond acceptors (Lipinski definition) is 3. The van der Waals surface area contributed by atoms with Gasteiger partial charge in [0.1, 0.15) is 0 Å². The highest BCUT2D eigenvalue weighted by Crippen LogP contribution is 2.17. The van der Waals surface area contributed by atoms with Gasteiger partial charge in [0, 0.05) is 13.7 Å². The predicted molar refractivity (Wildman–Crippen MR) is 52.6 cm³/mol. The van der Waals surface area contributed by atoms with E-state index in [9.17, 15) is 5.11 Å². The van der Waals surface area contributed by atoms with E-state index in [-0.39, 0.29) is 18.3 Å². The molecule has 0 aliphatic carbocycles. The first-order valence-electron chi connectivity index (χ1n) is 4.86. The molecule has 0 aliphatic rings. The normalized spacial score (nSPS) is 14.5. The second-order valence-corrected chi connectivity index (χ2v) is 4.02. The molecule has 0 radical (unpaired) electrons. The minimum atomic E-state index is -0.304. The summed E-state index contributed by atoms with van der Waals surface area (Å²) < 4.78 is 5.23. The summed E-state index contributed by atoms with van der Waals surface area (Å²) in [7, 11) is 1.68. The van der Waals surface area contributed by atoms with Crippen LogP contribution in [0.5, 0.6) is 0 Å². The van der Waals surface area contributed by atoms with Crippen molar-refractivity contribution in [3.63, 3.8) is 0 Å². The van der Waals surface area contributed by atoms with E-state index in [1.54, 1.807) is 7.11 Å². The molecule has 1 atom stereocenters. The van der Waals surface area contributed by atoms with Gasteiger partial charge < -0.3 is 14.9 Å². The number of aliphatic hydroxyl groups is 2. The van der Waals surface area contributed by atoms with Gasteiger partial charge in [0.15, 0.2) is 0 Å². The van der Waals surface area contributed by atoms with E-state index in [1.165, 1.54) is 0 Å². The van der Waals surface area contributed by atoms with Crippen molar-refractivity contribution in [2.45, 2.75) is 51.2 Å². The van der Waals surface area contributed by atoms with E-state index in [2.05, 4.69) is 0 Å². The number of ether oxygens (including phenoxy) is 1. The maximum Gasteiger partial charge on any atom is 0.0623 e. The number of aliphatic hydroxyl groups excluding tert-OH is 2. The summed E-state index contributed by atoms with van der Waals surface area (Å²) in [4.78, 5) is 0. The quantitative estimate of drug-likeness (QED) is 0.636. The third-order valence-electron chi connectivity index (χ3n) is 2.33. The van der Waals surface area contributed by atoms with Gasteiger partial charge in [0.05, 0.1) is 11.7 Å². The minimum absolute atomic E-state index is 0.153.